The van der Waals surface area contributed by atoms with E-state index < -0.39 is 0 Å². The van der Waals surface area contributed by atoms with E-state index in [1.807, 2.05) is 19.1 Å². The Labute approximate surface area is 117 Å². The van der Waals surface area contributed by atoms with Crippen molar-refractivity contribution in [3.05, 3.63) is 29.5 Å². The highest BCUT2D eigenvalue weighted by molar-refractivity contribution is 6.06. The number of carbonyl (C=O) groups is 1. The van der Waals surface area contributed by atoms with Gasteiger partial charge in [0.1, 0.15) is 16.8 Å². The van der Waals surface area contributed by atoms with Gasteiger partial charge in [-0.25, -0.2) is 4.79 Å². The molecule has 1 heterocycles. The van der Waals surface area contributed by atoms with Crippen LogP contribution in [-0.2, 0) is 4.74 Å². The average molecular weight is 274 g/mol. The van der Waals surface area contributed by atoms with Crippen LogP contribution in [0.2, 0.25) is 0 Å². The number of benzene rings is 1. The molecule has 5 nitrogen and oxygen atoms in total. The second-order valence-corrected chi connectivity index (χ2v) is 4.38. The Morgan fingerprint density at radius 2 is 2.15 bits per heavy atom. The fourth-order valence-corrected chi connectivity index (χ4v) is 2.20. The number of anilines is 1. The summed E-state index contributed by atoms with van der Waals surface area (Å²) < 4.78 is 10.4. The number of pyridine rings is 1. The van der Waals surface area contributed by atoms with E-state index in [4.69, 9.17) is 9.47 Å². The van der Waals surface area contributed by atoms with Gasteiger partial charge >= 0.3 is 5.97 Å². The number of ether oxygens (including phenoxy) is 2. The number of carbonyl (C=O) groups excluding carboxylic acids is 1. The van der Waals surface area contributed by atoms with Gasteiger partial charge in [-0.2, -0.15) is 0 Å². The van der Waals surface area contributed by atoms with Crippen LogP contribution in [-0.4, -0.2) is 31.7 Å². The van der Waals surface area contributed by atoms with Crippen molar-refractivity contribution in [2.24, 2.45) is 0 Å². The first-order valence-corrected chi connectivity index (χ1v) is 6.44. The number of hydrogen-bond donors (Lipinski definition) is 1. The molecule has 0 bridgehead atoms. The summed E-state index contributed by atoms with van der Waals surface area (Å²) in [6, 6.07) is 3.89. The predicted octanol–water partition coefficient (Wildman–Crippen LogP) is 2.77. The maximum Gasteiger partial charge on any atom is 0.341 e. The molecule has 5 heteroatoms. The van der Waals surface area contributed by atoms with Gasteiger partial charge < -0.3 is 14.8 Å². The van der Waals surface area contributed by atoms with Crippen LogP contribution >= 0.6 is 0 Å². The standard InChI is InChI=1S/C15H18N2O3/c1-5-20-15(18)11-8-17-14-10(13(11)16-3)6-9(2)7-12(14)19-4/h6-8H,5H2,1-4H3,(H,16,17). The van der Waals surface area contributed by atoms with Gasteiger partial charge in [0.25, 0.3) is 0 Å². The zero-order valence-corrected chi connectivity index (χ0v) is 12.1. The number of nitrogens with zero attached hydrogens (tertiary/aromatic N) is 1. The second-order valence-electron chi connectivity index (χ2n) is 4.38. The van der Waals surface area contributed by atoms with Crippen LogP contribution in [0, 0.1) is 6.92 Å². The zero-order chi connectivity index (χ0) is 14.7. The summed E-state index contributed by atoms with van der Waals surface area (Å²) in [5.41, 5.74) is 2.88. The number of aryl methyl sites for hydroxylation is 1. The molecule has 0 aliphatic rings. The molecule has 0 saturated heterocycles. The first-order chi connectivity index (χ1) is 9.62. The molecule has 2 rings (SSSR count). The van der Waals surface area contributed by atoms with Crippen molar-refractivity contribution in [1.29, 1.82) is 0 Å². The quantitative estimate of drug-likeness (QED) is 0.869. The molecular weight excluding hydrogens is 256 g/mol. The van der Waals surface area contributed by atoms with Crippen molar-refractivity contribution in [1.82, 2.24) is 4.98 Å². The van der Waals surface area contributed by atoms with Crippen LogP contribution in [0.4, 0.5) is 5.69 Å². The molecule has 1 aromatic carbocycles. The average Bonchev–Trinajstić information content (AvgIpc) is 2.45. The van der Waals surface area contributed by atoms with Gasteiger partial charge in [-0.05, 0) is 31.5 Å². The van der Waals surface area contributed by atoms with Crippen molar-refractivity contribution in [3.8, 4) is 5.75 Å². The highest BCUT2D eigenvalue weighted by atomic mass is 16.5. The monoisotopic (exact) mass is 274 g/mol. The molecule has 106 valence electrons. The van der Waals surface area contributed by atoms with E-state index in [-0.39, 0.29) is 5.97 Å². The molecule has 20 heavy (non-hydrogen) atoms. The number of rotatable bonds is 4. The Bertz CT molecular complexity index is 653. The van der Waals surface area contributed by atoms with Crippen molar-refractivity contribution in [2.75, 3.05) is 26.1 Å². The molecule has 0 saturated carbocycles. The topological polar surface area (TPSA) is 60.5 Å². The summed E-state index contributed by atoms with van der Waals surface area (Å²) in [7, 11) is 3.38. The number of fused-ring (bicyclic) bond motifs is 1. The molecular formula is C15H18N2O3. The van der Waals surface area contributed by atoms with Gasteiger partial charge in [0.05, 0.1) is 19.4 Å². The van der Waals surface area contributed by atoms with Gasteiger partial charge in [0.15, 0.2) is 0 Å². The molecule has 1 aromatic heterocycles. The third-order valence-corrected chi connectivity index (χ3v) is 3.05. The van der Waals surface area contributed by atoms with Gasteiger partial charge in [-0.3, -0.25) is 4.98 Å². The lowest BCUT2D eigenvalue weighted by molar-refractivity contribution is 0.0527. The maximum atomic E-state index is 12.0. The molecule has 0 atom stereocenters. The van der Waals surface area contributed by atoms with Crippen LogP contribution in [0.15, 0.2) is 18.3 Å². The Morgan fingerprint density at radius 1 is 1.40 bits per heavy atom. The van der Waals surface area contributed by atoms with E-state index in [1.165, 1.54) is 6.20 Å². The van der Waals surface area contributed by atoms with E-state index >= 15 is 0 Å². The Kier molecular flexibility index (Phi) is 4.08. The normalized spacial score (nSPS) is 10.4. The van der Waals surface area contributed by atoms with Crippen molar-refractivity contribution in [3.63, 3.8) is 0 Å². The third-order valence-electron chi connectivity index (χ3n) is 3.05. The molecule has 1 N–H and O–H groups in total. The smallest absolute Gasteiger partial charge is 0.341 e. The first kappa shape index (κ1) is 14.1. The maximum absolute atomic E-state index is 12.0. The Morgan fingerprint density at radius 3 is 2.75 bits per heavy atom. The van der Waals surface area contributed by atoms with E-state index in [0.717, 1.165) is 16.5 Å². The number of methoxy groups -OCH3 is 1. The predicted molar refractivity (Wildman–Crippen MR) is 78.5 cm³/mol. The summed E-state index contributed by atoms with van der Waals surface area (Å²) in [4.78, 5) is 16.3. The van der Waals surface area contributed by atoms with Crippen LogP contribution in [0.25, 0.3) is 10.9 Å². The van der Waals surface area contributed by atoms with Crippen molar-refractivity contribution >= 4 is 22.6 Å². The Balaban J connectivity index is 2.73. The zero-order valence-electron chi connectivity index (χ0n) is 12.1. The van der Waals surface area contributed by atoms with E-state index in [9.17, 15) is 4.79 Å². The van der Waals surface area contributed by atoms with Gasteiger partial charge in [-0.1, -0.05) is 0 Å². The molecule has 0 unspecified atom stereocenters. The summed E-state index contributed by atoms with van der Waals surface area (Å²) in [5.74, 6) is 0.304. The molecule has 0 aliphatic heterocycles. The number of esters is 1. The molecule has 0 spiro atoms. The second kappa shape index (κ2) is 5.77. The lowest BCUT2D eigenvalue weighted by Crippen LogP contribution is -2.09. The lowest BCUT2D eigenvalue weighted by Gasteiger charge is -2.13. The Hall–Kier alpha value is -2.30. The fourth-order valence-electron chi connectivity index (χ4n) is 2.20. The highest BCUT2D eigenvalue weighted by Gasteiger charge is 2.17. The van der Waals surface area contributed by atoms with Crippen LogP contribution in [0.3, 0.4) is 0 Å². The largest absolute Gasteiger partial charge is 0.494 e. The van der Waals surface area contributed by atoms with E-state index in [2.05, 4.69) is 10.3 Å². The van der Waals surface area contributed by atoms with Crippen LogP contribution in [0.5, 0.6) is 5.75 Å². The minimum Gasteiger partial charge on any atom is -0.494 e. The molecule has 2 aromatic rings. The number of aromatic nitrogens is 1. The van der Waals surface area contributed by atoms with Crippen molar-refractivity contribution in [2.45, 2.75) is 13.8 Å². The molecule has 0 fully saturated rings. The summed E-state index contributed by atoms with van der Waals surface area (Å²) in [5, 5.41) is 3.90. The minimum atomic E-state index is -0.383. The summed E-state index contributed by atoms with van der Waals surface area (Å²) >= 11 is 0. The SMILES string of the molecule is CCOC(=O)c1cnc2c(OC)cc(C)cc2c1NC. The molecule has 0 amide bonds. The third kappa shape index (κ3) is 2.39. The molecule has 0 aliphatic carbocycles. The van der Waals surface area contributed by atoms with Crippen LogP contribution < -0.4 is 10.1 Å². The van der Waals surface area contributed by atoms with Gasteiger partial charge in [0, 0.05) is 18.6 Å². The highest BCUT2D eigenvalue weighted by Crippen LogP contribution is 2.32. The van der Waals surface area contributed by atoms with E-state index in [0.29, 0.717) is 23.6 Å². The number of nitrogens with one attached hydrogen (secondary N) is 1. The van der Waals surface area contributed by atoms with Crippen molar-refractivity contribution < 1.29 is 14.3 Å². The van der Waals surface area contributed by atoms with Gasteiger partial charge in [-0.15, -0.1) is 0 Å². The summed E-state index contributed by atoms with van der Waals surface area (Å²) in [6.45, 7) is 4.08. The lowest BCUT2D eigenvalue weighted by atomic mass is 10.1. The van der Waals surface area contributed by atoms with E-state index in [1.54, 1.807) is 21.1 Å². The molecule has 0 radical (unpaired) electrons. The fraction of sp³-hybridized carbons (Fsp3) is 0.333. The minimum absolute atomic E-state index is 0.331. The number of hydrogen-bond acceptors (Lipinski definition) is 5. The van der Waals surface area contributed by atoms with Crippen LogP contribution in [0.1, 0.15) is 22.8 Å². The summed E-state index contributed by atoms with van der Waals surface area (Å²) in [6.07, 6.45) is 1.52. The first-order valence-electron chi connectivity index (χ1n) is 6.44. The van der Waals surface area contributed by atoms with Gasteiger partial charge in [0.2, 0.25) is 0 Å².